The van der Waals surface area contributed by atoms with E-state index in [4.69, 9.17) is 14.6 Å². The molecule has 5 heteroatoms. The highest BCUT2D eigenvalue weighted by Crippen LogP contribution is 2.45. The van der Waals surface area contributed by atoms with E-state index in [0.29, 0.717) is 30.0 Å². The van der Waals surface area contributed by atoms with E-state index in [2.05, 4.69) is 12.2 Å². The number of carboxylic acids is 1. The van der Waals surface area contributed by atoms with Gasteiger partial charge in [-0.05, 0) is 56.8 Å². The lowest BCUT2D eigenvalue weighted by Crippen LogP contribution is -2.27. The van der Waals surface area contributed by atoms with Gasteiger partial charge in [0.25, 0.3) is 0 Å². The maximum absolute atomic E-state index is 10.5. The number of hydrogen-bond donors (Lipinski definition) is 2. The van der Waals surface area contributed by atoms with Crippen LogP contribution in [0.3, 0.4) is 0 Å². The van der Waals surface area contributed by atoms with E-state index < -0.39 is 5.97 Å². The van der Waals surface area contributed by atoms with E-state index in [-0.39, 0.29) is 12.5 Å². The SMILES string of the molecule is O=C(O)CCCCCCCOCC[C@@H]1[C@H](C=CC(O)C2CCCC2)[C@@H]2CC[C@H]1O2. The van der Waals surface area contributed by atoms with Gasteiger partial charge < -0.3 is 19.7 Å². The third kappa shape index (κ3) is 7.08. The van der Waals surface area contributed by atoms with Crippen LogP contribution in [0.2, 0.25) is 0 Å². The molecule has 3 aliphatic rings. The largest absolute Gasteiger partial charge is 0.481 e. The molecule has 0 spiro atoms. The summed E-state index contributed by atoms with van der Waals surface area (Å²) < 4.78 is 12.1. The van der Waals surface area contributed by atoms with Gasteiger partial charge in [-0.15, -0.1) is 0 Å². The number of hydrogen-bond acceptors (Lipinski definition) is 4. The van der Waals surface area contributed by atoms with Crippen LogP contribution in [0.1, 0.15) is 83.5 Å². The number of rotatable bonds is 14. The standard InChI is InChI=1S/C24H40O5/c25-21(18-8-5-6-9-18)12-11-19-20(23-14-13-22(19)29-23)15-17-28-16-7-3-1-2-4-10-24(26)27/h11-12,18-23,25H,1-10,13-17H2,(H,26,27)/t19-,20+,21?,22-,23+/m0/s1. The van der Waals surface area contributed by atoms with E-state index in [1.54, 1.807) is 0 Å². The molecule has 0 aromatic carbocycles. The summed E-state index contributed by atoms with van der Waals surface area (Å²) in [6.07, 6.45) is 18.3. The second-order valence-electron chi connectivity index (χ2n) is 9.26. The van der Waals surface area contributed by atoms with Gasteiger partial charge in [0.1, 0.15) is 0 Å². The molecular formula is C24H40O5. The first-order valence-electron chi connectivity index (χ1n) is 12.0. The molecule has 3 rings (SSSR count). The number of carboxylic acid groups (broad SMARTS) is 1. The molecule has 3 fully saturated rings. The van der Waals surface area contributed by atoms with Crippen LogP contribution in [-0.2, 0) is 14.3 Å². The molecular weight excluding hydrogens is 368 g/mol. The normalized spacial score (nSPS) is 30.5. The summed E-state index contributed by atoms with van der Waals surface area (Å²) in [5.41, 5.74) is 0. The zero-order chi connectivity index (χ0) is 20.5. The van der Waals surface area contributed by atoms with Crippen molar-refractivity contribution in [3.63, 3.8) is 0 Å². The lowest BCUT2D eigenvalue weighted by Gasteiger charge is -2.26. The Bertz CT molecular complexity index is 513. The Morgan fingerprint density at radius 2 is 1.72 bits per heavy atom. The first kappa shape index (κ1) is 22.8. The van der Waals surface area contributed by atoms with Crippen molar-refractivity contribution in [3.8, 4) is 0 Å². The van der Waals surface area contributed by atoms with Crippen LogP contribution in [0.15, 0.2) is 12.2 Å². The van der Waals surface area contributed by atoms with Gasteiger partial charge in [0, 0.05) is 25.6 Å². The molecule has 166 valence electrons. The maximum Gasteiger partial charge on any atom is 0.303 e. The molecule has 29 heavy (non-hydrogen) atoms. The van der Waals surface area contributed by atoms with E-state index in [9.17, 15) is 9.90 Å². The van der Waals surface area contributed by atoms with Gasteiger partial charge in [-0.25, -0.2) is 0 Å². The van der Waals surface area contributed by atoms with Gasteiger partial charge in [-0.1, -0.05) is 44.3 Å². The predicted octanol–water partition coefficient (Wildman–Crippen LogP) is 4.72. The average molecular weight is 409 g/mol. The quantitative estimate of drug-likeness (QED) is 0.321. The summed E-state index contributed by atoms with van der Waals surface area (Å²) in [4.78, 5) is 10.5. The van der Waals surface area contributed by atoms with Crippen molar-refractivity contribution in [2.24, 2.45) is 17.8 Å². The van der Waals surface area contributed by atoms with Crippen LogP contribution in [0.25, 0.3) is 0 Å². The van der Waals surface area contributed by atoms with Crippen LogP contribution >= 0.6 is 0 Å². The van der Waals surface area contributed by atoms with Crippen molar-refractivity contribution in [2.75, 3.05) is 13.2 Å². The van der Waals surface area contributed by atoms with Gasteiger partial charge in [0.15, 0.2) is 0 Å². The second-order valence-corrected chi connectivity index (χ2v) is 9.26. The molecule has 1 unspecified atom stereocenters. The van der Waals surface area contributed by atoms with E-state index in [0.717, 1.165) is 71.0 Å². The van der Waals surface area contributed by atoms with Gasteiger partial charge in [0.05, 0.1) is 18.3 Å². The predicted molar refractivity (Wildman–Crippen MR) is 113 cm³/mol. The van der Waals surface area contributed by atoms with E-state index >= 15 is 0 Å². The first-order chi connectivity index (χ1) is 14.1. The van der Waals surface area contributed by atoms with Crippen LogP contribution in [0.4, 0.5) is 0 Å². The fourth-order valence-electron chi connectivity index (χ4n) is 5.49. The Balaban J connectivity index is 1.29. The molecule has 2 N–H and O–H groups in total. The van der Waals surface area contributed by atoms with Crippen LogP contribution in [0.5, 0.6) is 0 Å². The van der Waals surface area contributed by atoms with Crippen molar-refractivity contribution < 1.29 is 24.5 Å². The molecule has 0 amide bonds. The number of aliphatic hydroxyl groups is 1. The zero-order valence-corrected chi connectivity index (χ0v) is 17.8. The van der Waals surface area contributed by atoms with Crippen molar-refractivity contribution in [1.29, 1.82) is 0 Å². The summed E-state index contributed by atoms with van der Waals surface area (Å²) in [5.74, 6) is 0.718. The minimum absolute atomic E-state index is 0.287. The number of aliphatic hydroxyl groups excluding tert-OH is 1. The molecule has 5 atom stereocenters. The number of carbonyl (C=O) groups is 1. The molecule has 2 heterocycles. The first-order valence-corrected chi connectivity index (χ1v) is 12.0. The van der Waals surface area contributed by atoms with Crippen molar-refractivity contribution in [1.82, 2.24) is 0 Å². The van der Waals surface area contributed by atoms with Gasteiger partial charge in [-0.3, -0.25) is 4.79 Å². The summed E-state index contributed by atoms with van der Waals surface area (Å²) >= 11 is 0. The highest BCUT2D eigenvalue weighted by Gasteiger charge is 2.47. The molecule has 2 saturated heterocycles. The monoisotopic (exact) mass is 408 g/mol. The molecule has 1 aliphatic carbocycles. The molecule has 5 nitrogen and oxygen atoms in total. The van der Waals surface area contributed by atoms with E-state index in [1.807, 2.05) is 0 Å². The highest BCUT2D eigenvalue weighted by atomic mass is 16.5. The number of fused-ring (bicyclic) bond motifs is 2. The van der Waals surface area contributed by atoms with Crippen molar-refractivity contribution >= 4 is 5.97 Å². The summed E-state index contributed by atoms with van der Waals surface area (Å²) in [7, 11) is 0. The van der Waals surface area contributed by atoms with Crippen LogP contribution in [-0.4, -0.2) is 47.7 Å². The minimum Gasteiger partial charge on any atom is -0.481 e. The Hall–Kier alpha value is -0.910. The lowest BCUT2D eigenvalue weighted by atomic mass is 9.77. The number of ether oxygens (including phenoxy) is 2. The van der Waals surface area contributed by atoms with Crippen LogP contribution in [0, 0.1) is 17.8 Å². The molecule has 2 aliphatic heterocycles. The third-order valence-corrected chi connectivity index (χ3v) is 7.17. The minimum atomic E-state index is -0.695. The Kier molecular flexibility index (Phi) is 9.47. The number of aliphatic carboxylic acids is 1. The van der Waals surface area contributed by atoms with Crippen LogP contribution < -0.4 is 0 Å². The Morgan fingerprint density at radius 1 is 1.00 bits per heavy atom. The smallest absolute Gasteiger partial charge is 0.303 e. The third-order valence-electron chi connectivity index (χ3n) is 7.17. The lowest BCUT2D eigenvalue weighted by molar-refractivity contribution is -0.137. The number of unbranched alkanes of at least 4 members (excludes halogenated alkanes) is 4. The van der Waals surface area contributed by atoms with Crippen molar-refractivity contribution in [2.45, 2.75) is 102 Å². The Labute approximate surface area is 175 Å². The van der Waals surface area contributed by atoms with Gasteiger partial charge in [-0.2, -0.15) is 0 Å². The van der Waals surface area contributed by atoms with Crippen molar-refractivity contribution in [3.05, 3.63) is 12.2 Å². The fraction of sp³-hybridized carbons (Fsp3) is 0.875. The highest BCUT2D eigenvalue weighted by molar-refractivity contribution is 5.66. The zero-order valence-electron chi connectivity index (χ0n) is 17.8. The topological polar surface area (TPSA) is 76.0 Å². The van der Waals surface area contributed by atoms with Gasteiger partial charge >= 0.3 is 5.97 Å². The molecule has 2 bridgehead atoms. The average Bonchev–Trinajstić information content (AvgIpc) is 3.45. The van der Waals surface area contributed by atoms with Gasteiger partial charge in [0.2, 0.25) is 0 Å². The van der Waals surface area contributed by atoms with E-state index in [1.165, 1.54) is 19.3 Å². The molecule has 1 saturated carbocycles. The fourth-order valence-corrected chi connectivity index (χ4v) is 5.49. The molecule has 0 radical (unpaired) electrons. The Morgan fingerprint density at radius 3 is 2.52 bits per heavy atom. The second kappa shape index (κ2) is 12.1. The maximum atomic E-state index is 10.5. The summed E-state index contributed by atoms with van der Waals surface area (Å²) in [5, 5.41) is 19.1. The summed E-state index contributed by atoms with van der Waals surface area (Å²) in [6, 6.07) is 0. The molecule has 0 aromatic rings. The summed E-state index contributed by atoms with van der Waals surface area (Å²) in [6.45, 7) is 1.58. The molecule has 0 aromatic heterocycles.